The molecule has 1 atom stereocenters. The van der Waals surface area contributed by atoms with Crippen molar-refractivity contribution in [1.82, 2.24) is 10.2 Å². The topological polar surface area (TPSA) is 15.3 Å². The fraction of sp³-hybridized carbons (Fsp3) is 0.467. The summed E-state index contributed by atoms with van der Waals surface area (Å²) in [6.07, 6.45) is 0.565. The summed E-state index contributed by atoms with van der Waals surface area (Å²) in [5.74, 6) is -0.997. The van der Waals surface area contributed by atoms with Gasteiger partial charge in [0.2, 0.25) is 0 Å². The number of benzene rings is 1. The van der Waals surface area contributed by atoms with Crippen LogP contribution in [0, 0.1) is 11.6 Å². The van der Waals surface area contributed by atoms with E-state index in [0.717, 1.165) is 31.8 Å². The summed E-state index contributed by atoms with van der Waals surface area (Å²) in [5.41, 5.74) is 1.08. The van der Waals surface area contributed by atoms with Crippen LogP contribution in [-0.2, 0) is 0 Å². The minimum atomic E-state index is -0.498. The molecular weight excluding hydrogens is 397 g/mol. The van der Waals surface area contributed by atoms with Gasteiger partial charge in [0.15, 0.2) is 0 Å². The van der Waals surface area contributed by atoms with E-state index in [4.69, 9.17) is 0 Å². The van der Waals surface area contributed by atoms with Crippen molar-refractivity contribution in [2.24, 2.45) is 0 Å². The number of hydrogen-bond acceptors (Lipinski definition) is 2. The second kappa shape index (κ2) is 9.83. The number of hydrogen-bond donors (Lipinski definition) is 1. The van der Waals surface area contributed by atoms with E-state index in [-0.39, 0.29) is 36.4 Å². The molecule has 0 radical (unpaired) electrons. The van der Waals surface area contributed by atoms with Crippen LogP contribution in [0.15, 0.2) is 28.8 Å². The molecule has 1 aromatic rings. The van der Waals surface area contributed by atoms with Crippen LogP contribution in [0.3, 0.4) is 0 Å². The summed E-state index contributed by atoms with van der Waals surface area (Å²) in [6.45, 7) is 9.04. The van der Waals surface area contributed by atoms with Crippen LogP contribution in [0.1, 0.15) is 24.9 Å². The smallest absolute Gasteiger partial charge is 0.132 e. The summed E-state index contributed by atoms with van der Waals surface area (Å²) in [4.78, 5) is 2.13. The Morgan fingerprint density at radius 1 is 1.27 bits per heavy atom. The molecule has 1 aliphatic heterocycles. The molecule has 1 saturated heterocycles. The first kappa shape index (κ1) is 21.8. The second-order valence-corrected chi connectivity index (χ2v) is 6.16. The second-order valence-electron chi connectivity index (χ2n) is 5.25. The first-order valence-electron chi connectivity index (χ1n) is 6.72. The van der Waals surface area contributed by atoms with Gasteiger partial charge in [-0.25, -0.2) is 8.78 Å². The molecule has 126 valence electrons. The van der Waals surface area contributed by atoms with Crippen molar-refractivity contribution in [1.29, 1.82) is 0 Å². The van der Waals surface area contributed by atoms with Crippen LogP contribution in [0.4, 0.5) is 8.78 Å². The van der Waals surface area contributed by atoms with Gasteiger partial charge < -0.3 is 5.32 Å². The lowest BCUT2D eigenvalue weighted by atomic mass is 9.97. The quantitative estimate of drug-likeness (QED) is 0.726. The molecule has 2 rings (SSSR count). The first-order chi connectivity index (χ1) is 9.49. The van der Waals surface area contributed by atoms with E-state index in [2.05, 4.69) is 32.7 Å². The monoisotopic (exact) mass is 416 g/mol. The maximum Gasteiger partial charge on any atom is 0.132 e. The zero-order valence-electron chi connectivity index (χ0n) is 12.4. The number of halogens is 5. The van der Waals surface area contributed by atoms with E-state index in [0.29, 0.717) is 10.9 Å². The average molecular weight is 418 g/mol. The van der Waals surface area contributed by atoms with Crippen molar-refractivity contribution in [3.05, 3.63) is 46.0 Å². The molecule has 0 unspecified atom stereocenters. The molecule has 0 bridgehead atoms. The zero-order valence-corrected chi connectivity index (χ0v) is 15.6. The standard InChI is InChI=1S/C15H19BrF2N2.2ClH/c1-10(2)7-14(20-5-3-19-4-6-20)15-12(17)8-11(16)9-13(15)18;;/h8-9,14,19H,1,3-7H2,2H3;2*1H/t14-;;/m0../s1. The largest absolute Gasteiger partial charge is 0.314 e. The van der Waals surface area contributed by atoms with Crippen molar-refractivity contribution in [3.63, 3.8) is 0 Å². The van der Waals surface area contributed by atoms with Gasteiger partial charge in [-0.3, -0.25) is 4.90 Å². The molecule has 1 fully saturated rings. The summed E-state index contributed by atoms with van der Waals surface area (Å²) >= 11 is 3.12. The van der Waals surface area contributed by atoms with Gasteiger partial charge in [-0.1, -0.05) is 21.5 Å². The minimum absolute atomic E-state index is 0. The van der Waals surface area contributed by atoms with Gasteiger partial charge in [0.1, 0.15) is 11.6 Å². The Kier molecular flexibility index (Phi) is 9.74. The van der Waals surface area contributed by atoms with Gasteiger partial charge >= 0.3 is 0 Å². The van der Waals surface area contributed by atoms with Crippen LogP contribution in [0.25, 0.3) is 0 Å². The number of nitrogens with zero attached hydrogens (tertiary/aromatic N) is 1. The average Bonchev–Trinajstić information content (AvgIpc) is 2.37. The van der Waals surface area contributed by atoms with E-state index >= 15 is 0 Å². The molecule has 1 aliphatic rings. The van der Waals surface area contributed by atoms with E-state index in [1.807, 2.05) is 6.92 Å². The number of nitrogens with one attached hydrogen (secondary N) is 1. The fourth-order valence-corrected chi connectivity index (χ4v) is 3.01. The first-order valence-corrected chi connectivity index (χ1v) is 7.52. The van der Waals surface area contributed by atoms with Gasteiger partial charge in [-0.2, -0.15) is 0 Å². The lowest BCUT2D eigenvalue weighted by Crippen LogP contribution is -2.45. The Morgan fingerprint density at radius 3 is 2.23 bits per heavy atom. The summed E-state index contributed by atoms with van der Waals surface area (Å²) in [6, 6.07) is 2.36. The van der Waals surface area contributed by atoms with Gasteiger partial charge in [-0.15, -0.1) is 31.4 Å². The third kappa shape index (κ3) is 5.46. The third-order valence-corrected chi connectivity index (χ3v) is 3.97. The maximum absolute atomic E-state index is 14.2. The predicted molar refractivity (Wildman–Crippen MR) is 95.2 cm³/mol. The van der Waals surface area contributed by atoms with E-state index in [1.54, 1.807) is 0 Å². The molecule has 0 aromatic heterocycles. The molecule has 0 saturated carbocycles. The maximum atomic E-state index is 14.2. The molecule has 22 heavy (non-hydrogen) atoms. The molecule has 0 spiro atoms. The van der Waals surface area contributed by atoms with Gasteiger partial charge in [0.05, 0.1) is 0 Å². The third-order valence-electron chi connectivity index (χ3n) is 3.51. The molecule has 1 heterocycles. The molecule has 0 aliphatic carbocycles. The summed E-state index contributed by atoms with van der Waals surface area (Å²) in [7, 11) is 0. The molecule has 7 heteroatoms. The lowest BCUT2D eigenvalue weighted by molar-refractivity contribution is 0.166. The number of piperazine rings is 1. The SMILES string of the molecule is C=C(C)C[C@@H](c1c(F)cc(Br)cc1F)N1CCNCC1.Cl.Cl. The van der Waals surface area contributed by atoms with Crippen LogP contribution in [0.5, 0.6) is 0 Å². The van der Waals surface area contributed by atoms with Crippen molar-refractivity contribution in [3.8, 4) is 0 Å². The highest BCUT2D eigenvalue weighted by Gasteiger charge is 2.27. The van der Waals surface area contributed by atoms with E-state index in [1.165, 1.54) is 12.1 Å². The highest BCUT2D eigenvalue weighted by molar-refractivity contribution is 9.10. The Hall–Kier alpha value is -0.200. The van der Waals surface area contributed by atoms with Crippen molar-refractivity contribution < 1.29 is 8.78 Å². The molecule has 1 aromatic carbocycles. The van der Waals surface area contributed by atoms with Gasteiger partial charge in [-0.05, 0) is 25.5 Å². The van der Waals surface area contributed by atoms with Gasteiger partial charge in [0.25, 0.3) is 0 Å². The predicted octanol–water partition coefficient (Wildman–Crippen LogP) is 4.48. The molecular formula is C15H21BrCl2F2N2. The van der Waals surface area contributed by atoms with Crippen LogP contribution in [0.2, 0.25) is 0 Å². The highest BCUT2D eigenvalue weighted by Crippen LogP contribution is 2.33. The molecule has 2 nitrogen and oxygen atoms in total. The zero-order chi connectivity index (χ0) is 14.7. The molecule has 1 N–H and O–H groups in total. The Bertz CT molecular complexity index is 485. The Balaban J connectivity index is 0.00000220. The van der Waals surface area contributed by atoms with Crippen molar-refractivity contribution in [2.75, 3.05) is 26.2 Å². The van der Waals surface area contributed by atoms with Gasteiger partial charge in [0, 0.05) is 42.3 Å². The number of rotatable bonds is 4. The highest BCUT2D eigenvalue weighted by atomic mass is 79.9. The normalized spacial score (nSPS) is 16.4. The summed E-state index contributed by atoms with van der Waals surface area (Å²) < 4.78 is 28.9. The van der Waals surface area contributed by atoms with Crippen LogP contribution in [-0.4, -0.2) is 31.1 Å². The van der Waals surface area contributed by atoms with E-state index in [9.17, 15) is 8.78 Å². The summed E-state index contributed by atoms with van der Waals surface area (Å²) in [5, 5.41) is 3.25. The van der Waals surface area contributed by atoms with Crippen molar-refractivity contribution in [2.45, 2.75) is 19.4 Å². The van der Waals surface area contributed by atoms with Crippen molar-refractivity contribution >= 4 is 40.7 Å². The fourth-order valence-electron chi connectivity index (χ4n) is 2.61. The van der Waals surface area contributed by atoms with Crippen LogP contribution >= 0.6 is 40.7 Å². The lowest BCUT2D eigenvalue weighted by Gasteiger charge is -2.35. The molecule has 0 amide bonds. The minimum Gasteiger partial charge on any atom is -0.314 e. The van der Waals surface area contributed by atoms with Crippen LogP contribution < -0.4 is 5.32 Å². The van der Waals surface area contributed by atoms with E-state index < -0.39 is 11.6 Å². The Labute approximate surface area is 151 Å². The Morgan fingerprint density at radius 2 is 1.77 bits per heavy atom.